The van der Waals surface area contributed by atoms with Crippen molar-refractivity contribution >= 4 is 11.6 Å². The van der Waals surface area contributed by atoms with E-state index in [4.69, 9.17) is 0 Å². The number of hydrogen-bond acceptors (Lipinski definition) is 2. The molecule has 0 radical (unpaired) electrons. The second kappa shape index (κ2) is 28.6. The van der Waals surface area contributed by atoms with Crippen LogP contribution in [0.5, 0.6) is 0 Å². The van der Waals surface area contributed by atoms with E-state index in [-0.39, 0.29) is 11.6 Å². The van der Waals surface area contributed by atoms with Crippen LogP contribution in [0.4, 0.5) is 0 Å². The Balaban J connectivity index is 1.59. The predicted octanol–water partition coefficient (Wildman–Crippen LogP) is 17.6. The molecule has 0 N–H and O–H groups in total. The average molecular weight is 787 g/mol. The Morgan fingerprint density at radius 3 is 1.28 bits per heavy atom. The van der Waals surface area contributed by atoms with Gasteiger partial charge in [-0.25, -0.2) is 0 Å². The van der Waals surface area contributed by atoms with Crippen molar-refractivity contribution in [1.29, 1.82) is 0 Å². The van der Waals surface area contributed by atoms with Gasteiger partial charge in [-0.2, -0.15) is 0 Å². The van der Waals surface area contributed by atoms with Crippen molar-refractivity contribution in [2.75, 3.05) is 0 Å². The lowest BCUT2D eigenvalue weighted by atomic mass is 9.83. The first-order valence-corrected chi connectivity index (χ1v) is 22.8. The molecule has 1 aliphatic carbocycles. The lowest BCUT2D eigenvalue weighted by Gasteiger charge is -2.18. The number of hydrogen-bond donors (Lipinski definition) is 0. The summed E-state index contributed by atoms with van der Waals surface area (Å²) in [5.74, 6) is 0.638. The van der Waals surface area contributed by atoms with E-state index >= 15 is 0 Å². The highest BCUT2D eigenvalue weighted by atomic mass is 16.1. The van der Waals surface area contributed by atoms with Gasteiger partial charge in [0.05, 0.1) is 0 Å². The molecule has 1 atom stereocenters. The molecule has 1 aromatic rings. The highest BCUT2D eigenvalue weighted by Gasteiger charge is 2.28. The summed E-state index contributed by atoms with van der Waals surface area (Å²) in [5.41, 5.74) is 14.2. The normalized spacial score (nSPS) is 16.1. The van der Waals surface area contributed by atoms with Gasteiger partial charge in [0.25, 0.3) is 0 Å². The number of fused-ring (bicyclic) bond motifs is 1. The summed E-state index contributed by atoms with van der Waals surface area (Å²) in [5, 5.41) is 0. The minimum Gasteiger partial charge on any atom is -0.289 e. The van der Waals surface area contributed by atoms with Gasteiger partial charge in [-0.15, -0.1) is 0 Å². The monoisotopic (exact) mass is 787 g/mol. The lowest BCUT2D eigenvalue weighted by molar-refractivity contribution is 0.0973. The van der Waals surface area contributed by atoms with Crippen LogP contribution in [-0.2, 0) is 0 Å². The smallest absolute Gasteiger partial charge is 0.190 e. The Hall–Kier alpha value is -3.78. The van der Waals surface area contributed by atoms with Crippen LogP contribution in [0.1, 0.15) is 212 Å². The van der Waals surface area contributed by atoms with Gasteiger partial charge in [-0.05, 0) is 177 Å². The fourth-order valence-electron chi connectivity index (χ4n) is 7.46. The summed E-state index contributed by atoms with van der Waals surface area (Å²) in [7, 11) is 0. The number of benzene rings is 1. The van der Waals surface area contributed by atoms with Crippen LogP contribution < -0.4 is 0 Å². The number of allylic oxidation sites excluding steroid dienone is 18. The second-order valence-electron chi connectivity index (χ2n) is 17.7. The molecule has 0 bridgehead atoms. The van der Waals surface area contributed by atoms with Gasteiger partial charge in [0, 0.05) is 22.3 Å². The standard InChI is InChI=1S/C56H82O2/c1-12-42(2)22-15-23-43(3)24-16-25-44(4)26-17-27-45(5)28-18-29-46(6)30-19-31-47(7)32-20-33-48(8)38-39-49(9)34-21-35-50(10)40-41-52-51(11)55(57)53-36-13-14-37-54(53)56(52)58/h13-14,22,24,26,28,30,32,36-38,40,49H,12,15-21,23,25,27,29,31,33-35,39,41H2,1-11H3. The van der Waals surface area contributed by atoms with Crippen LogP contribution in [0.3, 0.4) is 0 Å². The third kappa shape index (κ3) is 20.8. The van der Waals surface area contributed by atoms with Crippen LogP contribution >= 0.6 is 0 Å². The van der Waals surface area contributed by atoms with E-state index in [0.29, 0.717) is 34.6 Å². The van der Waals surface area contributed by atoms with Crippen molar-refractivity contribution in [3.05, 3.63) is 140 Å². The molecule has 0 amide bonds. The summed E-state index contributed by atoms with van der Waals surface area (Å²) in [4.78, 5) is 25.8. The summed E-state index contributed by atoms with van der Waals surface area (Å²) in [6.45, 7) is 24.5. The molecular formula is C56H82O2. The molecule has 1 unspecified atom stereocenters. The Morgan fingerprint density at radius 2 is 0.862 bits per heavy atom. The predicted molar refractivity (Wildman–Crippen MR) is 256 cm³/mol. The largest absolute Gasteiger partial charge is 0.289 e. The molecule has 0 heterocycles. The molecule has 318 valence electrons. The van der Waals surface area contributed by atoms with E-state index < -0.39 is 0 Å². The summed E-state index contributed by atoms with van der Waals surface area (Å²) in [6.07, 6.45) is 39.3. The van der Waals surface area contributed by atoms with Crippen LogP contribution in [-0.4, -0.2) is 11.6 Å². The molecule has 58 heavy (non-hydrogen) atoms. The van der Waals surface area contributed by atoms with Crippen LogP contribution in [0, 0.1) is 5.92 Å². The quantitative estimate of drug-likeness (QED) is 0.0833. The molecule has 1 aliphatic rings. The molecule has 0 fully saturated rings. The Labute approximate surface area is 357 Å². The molecule has 0 aromatic heterocycles. The average Bonchev–Trinajstić information content (AvgIpc) is 3.19. The molecule has 0 spiro atoms. The molecule has 0 saturated heterocycles. The van der Waals surface area contributed by atoms with Crippen LogP contribution in [0.25, 0.3) is 0 Å². The first kappa shape index (κ1) is 50.4. The second-order valence-corrected chi connectivity index (χ2v) is 17.7. The number of carbonyl (C=O) groups is 2. The Kier molecular flexibility index (Phi) is 24.8. The van der Waals surface area contributed by atoms with E-state index in [9.17, 15) is 9.59 Å². The van der Waals surface area contributed by atoms with E-state index in [1.54, 1.807) is 19.1 Å². The van der Waals surface area contributed by atoms with Crippen LogP contribution in [0.2, 0.25) is 0 Å². The molecule has 0 aliphatic heterocycles. The Morgan fingerprint density at radius 1 is 0.500 bits per heavy atom. The highest BCUT2D eigenvalue weighted by Crippen LogP contribution is 2.29. The summed E-state index contributed by atoms with van der Waals surface area (Å²) < 4.78 is 0. The van der Waals surface area contributed by atoms with Gasteiger partial charge in [0.1, 0.15) is 0 Å². The van der Waals surface area contributed by atoms with E-state index in [1.165, 1.54) is 76.7 Å². The number of Topliss-reactive ketones (excluding diaryl/α,β-unsaturated/α-hetero) is 2. The maximum Gasteiger partial charge on any atom is 0.190 e. The minimum absolute atomic E-state index is 0.00115. The SMILES string of the molecule is CCC(C)=CCCC(C)=CCCC(C)=CCCC(C)=CCCC(C)=CCCC(C)=CCCC(C)=CCC(C)CCCC(C)=CCC1=C(C)C(=O)c2ccccc2C1=O. The van der Waals surface area contributed by atoms with Gasteiger partial charge in [0.15, 0.2) is 11.6 Å². The lowest BCUT2D eigenvalue weighted by Crippen LogP contribution is -2.20. The third-order valence-corrected chi connectivity index (χ3v) is 12.0. The molecule has 1 aromatic carbocycles. The van der Waals surface area contributed by atoms with E-state index in [1.807, 2.05) is 12.1 Å². The van der Waals surface area contributed by atoms with Crippen LogP contribution in [0.15, 0.2) is 129 Å². The van der Waals surface area contributed by atoms with E-state index in [0.717, 1.165) is 77.0 Å². The van der Waals surface area contributed by atoms with Gasteiger partial charge >= 0.3 is 0 Å². The highest BCUT2D eigenvalue weighted by molar-refractivity contribution is 6.26. The van der Waals surface area contributed by atoms with E-state index in [2.05, 4.69) is 118 Å². The zero-order chi connectivity index (χ0) is 42.9. The first-order chi connectivity index (χ1) is 27.7. The number of carbonyl (C=O) groups excluding carboxylic acids is 2. The molecule has 2 nitrogen and oxygen atoms in total. The molecule has 2 heteroatoms. The third-order valence-electron chi connectivity index (χ3n) is 12.0. The molecular weight excluding hydrogens is 705 g/mol. The zero-order valence-corrected chi connectivity index (χ0v) is 39.0. The van der Waals surface area contributed by atoms with Gasteiger partial charge in [0.2, 0.25) is 0 Å². The molecule has 2 rings (SSSR count). The number of rotatable bonds is 27. The van der Waals surface area contributed by atoms with Gasteiger partial charge in [-0.3, -0.25) is 9.59 Å². The fourth-order valence-corrected chi connectivity index (χ4v) is 7.46. The maximum absolute atomic E-state index is 13.1. The van der Waals surface area contributed by atoms with Crippen molar-refractivity contribution in [3.63, 3.8) is 0 Å². The first-order valence-electron chi connectivity index (χ1n) is 22.8. The topological polar surface area (TPSA) is 34.1 Å². The van der Waals surface area contributed by atoms with Crippen molar-refractivity contribution in [1.82, 2.24) is 0 Å². The summed E-state index contributed by atoms with van der Waals surface area (Å²) >= 11 is 0. The zero-order valence-electron chi connectivity index (χ0n) is 39.0. The Bertz CT molecular complexity index is 1750. The van der Waals surface area contributed by atoms with Gasteiger partial charge < -0.3 is 0 Å². The summed E-state index contributed by atoms with van der Waals surface area (Å²) in [6, 6.07) is 7.18. The van der Waals surface area contributed by atoms with Crippen molar-refractivity contribution in [2.45, 2.75) is 192 Å². The van der Waals surface area contributed by atoms with Crippen molar-refractivity contribution in [3.8, 4) is 0 Å². The van der Waals surface area contributed by atoms with Crippen molar-refractivity contribution in [2.24, 2.45) is 5.92 Å². The van der Waals surface area contributed by atoms with Gasteiger partial charge in [-0.1, -0.05) is 138 Å². The maximum atomic E-state index is 13.1. The number of ketones is 2. The van der Waals surface area contributed by atoms with Crippen molar-refractivity contribution < 1.29 is 9.59 Å². The minimum atomic E-state index is -0.0154. The molecule has 0 saturated carbocycles. The fraction of sp³-hybridized carbons (Fsp3) is 0.536.